The molecule has 2 aromatic rings. The van der Waals surface area contributed by atoms with Crippen LogP contribution in [-0.4, -0.2) is 9.55 Å². The standard InChI is InChI=1S/C12H16N2S/c1-8-5-6-10-9(7-8)13-11(15)14(10)12(2,3)4/h5-7H,1-4H3,(H,13,15). The van der Waals surface area contributed by atoms with Gasteiger partial charge in [-0.2, -0.15) is 0 Å². The highest BCUT2D eigenvalue weighted by Gasteiger charge is 2.17. The summed E-state index contributed by atoms with van der Waals surface area (Å²) in [6.07, 6.45) is 0. The van der Waals surface area contributed by atoms with E-state index in [0.29, 0.717) is 0 Å². The molecule has 1 aromatic heterocycles. The Balaban J connectivity index is 2.86. The van der Waals surface area contributed by atoms with Crippen LogP contribution in [0.15, 0.2) is 18.2 Å². The molecule has 1 heterocycles. The van der Waals surface area contributed by atoms with Gasteiger partial charge in [-0.25, -0.2) is 0 Å². The number of aromatic nitrogens is 2. The molecule has 1 N–H and O–H groups in total. The number of fused-ring (bicyclic) bond motifs is 1. The monoisotopic (exact) mass is 220 g/mol. The van der Waals surface area contributed by atoms with Gasteiger partial charge >= 0.3 is 0 Å². The van der Waals surface area contributed by atoms with Crippen LogP contribution in [0.3, 0.4) is 0 Å². The molecule has 0 saturated heterocycles. The molecule has 0 aliphatic rings. The van der Waals surface area contributed by atoms with Crippen molar-refractivity contribution in [2.75, 3.05) is 0 Å². The van der Waals surface area contributed by atoms with Crippen LogP contribution in [0.4, 0.5) is 0 Å². The first-order valence-electron chi connectivity index (χ1n) is 5.11. The predicted molar refractivity (Wildman–Crippen MR) is 66.9 cm³/mol. The Morgan fingerprint density at radius 2 is 1.93 bits per heavy atom. The number of aryl methyl sites for hydroxylation is 1. The number of benzene rings is 1. The van der Waals surface area contributed by atoms with E-state index in [2.05, 4.69) is 55.4 Å². The van der Waals surface area contributed by atoms with E-state index in [4.69, 9.17) is 12.2 Å². The Labute approximate surface area is 94.9 Å². The van der Waals surface area contributed by atoms with Crippen LogP contribution in [0.1, 0.15) is 26.3 Å². The zero-order valence-corrected chi connectivity index (χ0v) is 10.4. The molecule has 0 radical (unpaired) electrons. The van der Waals surface area contributed by atoms with E-state index in [1.807, 2.05) is 0 Å². The summed E-state index contributed by atoms with van der Waals surface area (Å²) in [6.45, 7) is 8.58. The number of aromatic amines is 1. The van der Waals surface area contributed by atoms with Crippen LogP contribution in [0, 0.1) is 11.7 Å². The quantitative estimate of drug-likeness (QED) is 0.670. The summed E-state index contributed by atoms with van der Waals surface area (Å²) in [7, 11) is 0. The van der Waals surface area contributed by atoms with E-state index >= 15 is 0 Å². The van der Waals surface area contributed by atoms with Crippen molar-refractivity contribution < 1.29 is 0 Å². The van der Waals surface area contributed by atoms with Gasteiger partial charge in [0.05, 0.1) is 11.0 Å². The van der Waals surface area contributed by atoms with Crippen LogP contribution in [-0.2, 0) is 5.54 Å². The number of hydrogen-bond acceptors (Lipinski definition) is 1. The van der Waals surface area contributed by atoms with Crippen molar-refractivity contribution in [3.63, 3.8) is 0 Å². The minimum absolute atomic E-state index is 0.0184. The van der Waals surface area contributed by atoms with Gasteiger partial charge in [0.1, 0.15) is 0 Å². The van der Waals surface area contributed by atoms with Gasteiger partial charge in [-0.05, 0) is 57.6 Å². The first-order chi connectivity index (χ1) is 6.89. The summed E-state index contributed by atoms with van der Waals surface area (Å²) in [6, 6.07) is 6.38. The second kappa shape index (κ2) is 3.20. The van der Waals surface area contributed by atoms with E-state index in [0.717, 1.165) is 10.3 Å². The minimum Gasteiger partial charge on any atom is -0.331 e. The van der Waals surface area contributed by atoms with Gasteiger partial charge in [-0.1, -0.05) is 6.07 Å². The highest BCUT2D eigenvalue weighted by atomic mass is 32.1. The Hall–Kier alpha value is -1.09. The molecule has 0 fully saturated rings. The van der Waals surface area contributed by atoms with Crippen molar-refractivity contribution in [2.24, 2.45) is 0 Å². The Kier molecular flexibility index (Phi) is 2.23. The van der Waals surface area contributed by atoms with Gasteiger partial charge in [-0.3, -0.25) is 0 Å². The maximum absolute atomic E-state index is 5.35. The summed E-state index contributed by atoms with van der Waals surface area (Å²) in [5.41, 5.74) is 3.57. The fourth-order valence-electron chi connectivity index (χ4n) is 1.89. The molecule has 0 spiro atoms. The van der Waals surface area contributed by atoms with E-state index in [9.17, 15) is 0 Å². The molecule has 0 amide bonds. The third-order valence-electron chi connectivity index (χ3n) is 2.51. The van der Waals surface area contributed by atoms with E-state index < -0.39 is 0 Å². The second-order valence-electron chi connectivity index (χ2n) is 4.96. The fourth-order valence-corrected chi connectivity index (χ4v) is 2.37. The molecular weight excluding hydrogens is 204 g/mol. The summed E-state index contributed by atoms with van der Waals surface area (Å²) in [5, 5.41) is 0. The molecule has 2 nitrogen and oxygen atoms in total. The Morgan fingerprint density at radius 3 is 2.53 bits per heavy atom. The van der Waals surface area contributed by atoms with Crippen LogP contribution >= 0.6 is 12.2 Å². The number of H-pyrrole nitrogens is 1. The van der Waals surface area contributed by atoms with Gasteiger partial charge in [-0.15, -0.1) is 0 Å². The van der Waals surface area contributed by atoms with Crippen molar-refractivity contribution in [3.8, 4) is 0 Å². The number of nitrogens with one attached hydrogen (secondary N) is 1. The molecule has 1 aromatic carbocycles. The molecule has 0 aliphatic carbocycles. The van der Waals surface area contributed by atoms with Crippen molar-refractivity contribution in [3.05, 3.63) is 28.5 Å². The molecule has 0 unspecified atom stereocenters. The topological polar surface area (TPSA) is 20.7 Å². The maximum Gasteiger partial charge on any atom is 0.178 e. The molecule has 3 heteroatoms. The predicted octanol–water partition coefficient (Wildman–Crippen LogP) is 3.76. The average molecular weight is 220 g/mol. The minimum atomic E-state index is 0.0184. The lowest BCUT2D eigenvalue weighted by Gasteiger charge is -2.21. The lowest BCUT2D eigenvalue weighted by molar-refractivity contribution is 0.404. The lowest BCUT2D eigenvalue weighted by Crippen LogP contribution is -2.21. The van der Waals surface area contributed by atoms with Crippen molar-refractivity contribution >= 4 is 23.3 Å². The van der Waals surface area contributed by atoms with Gasteiger partial charge in [0.15, 0.2) is 4.77 Å². The van der Waals surface area contributed by atoms with Gasteiger partial charge in [0.2, 0.25) is 0 Å². The lowest BCUT2D eigenvalue weighted by atomic mass is 10.1. The molecular formula is C12H16N2S. The zero-order valence-electron chi connectivity index (χ0n) is 9.59. The number of imidazole rings is 1. The first kappa shape index (κ1) is 10.4. The molecule has 0 atom stereocenters. The average Bonchev–Trinajstić information content (AvgIpc) is 2.38. The number of nitrogens with zero attached hydrogens (tertiary/aromatic N) is 1. The smallest absolute Gasteiger partial charge is 0.178 e. The first-order valence-corrected chi connectivity index (χ1v) is 5.52. The molecule has 80 valence electrons. The zero-order chi connectivity index (χ0) is 11.2. The van der Waals surface area contributed by atoms with E-state index in [-0.39, 0.29) is 5.54 Å². The third-order valence-corrected chi connectivity index (χ3v) is 2.79. The highest BCUT2D eigenvalue weighted by Crippen LogP contribution is 2.23. The molecule has 0 aliphatic heterocycles. The largest absolute Gasteiger partial charge is 0.331 e. The van der Waals surface area contributed by atoms with Gasteiger partial charge in [0, 0.05) is 5.54 Å². The molecule has 0 saturated carbocycles. The molecule has 15 heavy (non-hydrogen) atoms. The number of hydrogen-bond donors (Lipinski definition) is 1. The number of rotatable bonds is 0. The van der Waals surface area contributed by atoms with E-state index in [1.165, 1.54) is 11.1 Å². The fraction of sp³-hybridized carbons (Fsp3) is 0.417. The summed E-state index contributed by atoms with van der Waals surface area (Å²) in [4.78, 5) is 3.25. The van der Waals surface area contributed by atoms with Crippen molar-refractivity contribution in [1.82, 2.24) is 9.55 Å². The normalized spacial score (nSPS) is 12.3. The van der Waals surface area contributed by atoms with Crippen LogP contribution in [0.2, 0.25) is 0 Å². The van der Waals surface area contributed by atoms with Crippen LogP contribution < -0.4 is 0 Å². The molecule has 2 rings (SSSR count). The van der Waals surface area contributed by atoms with Crippen molar-refractivity contribution in [2.45, 2.75) is 33.2 Å². The van der Waals surface area contributed by atoms with Gasteiger partial charge in [0.25, 0.3) is 0 Å². The Bertz CT molecular complexity index is 555. The second-order valence-corrected chi connectivity index (χ2v) is 5.34. The maximum atomic E-state index is 5.35. The van der Waals surface area contributed by atoms with Crippen LogP contribution in [0.5, 0.6) is 0 Å². The molecule has 0 bridgehead atoms. The Morgan fingerprint density at radius 1 is 1.27 bits per heavy atom. The summed E-state index contributed by atoms with van der Waals surface area (Å²) >= 11 is 5.35. The summed E-state index contributed by atoms with van der Waals surface area (Å²) in [5.74, 6) is 0. The summed E-state index contributed by atoms with van der Waals surface area (Å²) < 4.78 is 2.96. The van der Waals surface area contributed by atoms with E-state index in [1.54, 1.807) is 0 Å². The third kappa shape index (κ3) is 1.72. The van der Waals surface area contributed by atoms with Crippen LogP contribution in [0.25, 0.3) is 11.0 Å². The van der Waals surface area contributed by atoms with Crippen molar-refractivity contribution in [1.29, 1.82) is 0 Å². The SMILES string of the molecule is Cc1ccc2c(c1)[nH]c(=S)n2C(C)(C)C. The van der Waals surface area contributed by atoms with Gasteiger partial charge < -0.3 is 9.55 Å². The highest BCUT2D eigenvalue weighted by molar-refractivity contribution is 7.71.